The first-order valence-corrected chi connectivity index (χ1v) is 6.36. The molecule has 0 saturated carbocycles. The van der Waals surface area contributed by atoms with Crippen LogP contribution in [0.5, 0.6) is 0 Å². The van der Waals surface area contributed by atoms with Gasteiger partial charge in [-0.3, -0.25) is 5.10 Å². The highest BCUT2D eigenvalue weighted by molar-refractivity contribution is 5.99. The van der Waals surface area contributed by atoms with Crippen molar-refractivity contribution in [2.45, 2.75) is 13.8 Å². The smallest absolute Gasteiger partial charge is 0.335 e. The molecule has 0 saturated heterocycles. The number of benzene rings is 2. The first-order valence-electron chi connectivity index (χ1n) is 6.36. The van der Waals surface area contributed by atoms with Crippen molar-refractivity contribution in [3.63, 3.8) is 0 Å². The van der Waals surface area contributed by atoms with Gasteiger partial charge in [0.25, 0.3) is 0 Å². The van der Waals surface area contributed by atoms with Crippen molar-refractivity contribution >= 4 is 16.9 Å². The van der Waals surface area contributed by atoms with Crippen LogP contribution in [0, 0.1) is 13.8 Å². The van der Waals surface area contributed by atoms with Crippen LogP contribution >= 0.6 is 0 Å². The van der Waals surface area contributed by atoms with E-state index in [1.165, 1.54) is 0 Å². The van der Waals surface area contributed by atoms with Crippen LogP contribution in [-0.4, -0.2) is 21.3 Å². The molecule has 1 aromatic heterocycles. The highest BCUT2D eigenvalue weighted by atomic mass is 16.4. The minimum Gasteiger partial charge on any atom is -0.478 e. The van der Waals surface area contributed by atoms with Gasteiger partial charge in [-0.1, -0.05) is 18.2 Å². The predicted molar refractivity (Wildman–Crippen MR) is 78.0 cm³/mol. The summed E-state index contributed by atoms with van der Waals surface area (Å²) in [6.45, 7) is 4.06. The maximum Gasteiger partial charge on any atom is 0.335 e. The second-order valence-electron chi connectivity index (χ2n) is 4.90. The summed E-state index contributed by atoms with van der Waals surface area (Å²) in [5.74, 6) is -0.930. The van der Waals surface area contributed by atoms with Crippen molar-refractivity contribution in [2.75, 3.05) is 0 Å². The number of aromatic carboxylic acids is 1. The Morgan fingerprint density at radius 2 is 1.85 bits per heavy atom. The van der Waals surface area contributed by atoms with Crippen LogP contribution in [0.1, 0.15) is 21.5 Å². The van der Waals surface area contributed by atoms with Crippen molar-refractivity contribution in [1.82, 2.24) is 10.2 Å². The Labute approximate surface area is 116 Å². The number of aromatic amines is 1. The minimum absolute atomic E-state index is 0.270. The van der Waals surface area contributed by atoms with Crippen molar-refractivity contribution in [2.24, 2.45) is 0 Å². The Balaban J connectivity index is 2.31. The molecule has 0 spiro atoms. The number of nitrogens with zero attached hydrogens (tertiary/aromatic N) is 1. The number of hydrogen-bond donors (Lipinski definition) is 2. The third-order valence-electron chi connectivity index (χ3n) is 3.53. The second kappa shape index (κ2) is 4.49. The van der Waals surface area contributed by atoms with Gasteiger partial charge in [0, 0.05) is 10.9 Å². The van der Waals surface area contributed by atoms with E-state index in [0.29, 0.717) is 0 Å². The molecule has 0 unspecified atom stereocenters. The van der Waals surface area contributed by atoms with Crippen molar-refractivity contribution < 1.29 is 9.90 Å². The van der Waals surface area contributed by atoms with Crippen LogP contribution < -0.4 is 0 Å². The van der Waals surface area contributed by atoms with Crippen molar-refractivity contribution in [3.8, 4) is 11.3 Å². The van der Waals surface area contributed by atoms with Gasteiger partial charge < -0.3 is 5.11 Å². The fraction of sp³-hybridized carbons (Fsp3) is 0.125. The molecular weight excluding hydrogens is 252 g/mol. The summed E-state index contributed by atoms with van der Waals surface area (Å²) in [6, 6.07) is 11.1. The van der Waals surface area contributed by atoms with E-state index in [0.717, 1.165) is 33.3 Å². The largest absolute Gasteiger partial charge is 0.478 e. The summed E-state index contributed by atoms with van der Waals surface area (Å²) in [7, 11) is 0. The second-order valence-corrected chi connectivity index (χ2v) is 4.90. The van der Waals surface area contributed by atoms with E-state index < -0.39 is 5.97 Å². The summed E-state index contributed by atoms with van der Waals surface area (Å²) in [5.41, 5.74) is 5.22. The highest BCUT2D eigenvalue weighted by Gasteiger charge is 2.14. The molecule has 4 nitrogen and oxygen atoms in total. The molecule has 3 rings (SSSR count). The van der Waals surface area contributed by atoms with E-state index in [9.17, 15) is 4.79 Å². The molecule has 1 heterocycles. The Hall–Kier alpha value is -2.62. The lowest BCUT2D eigenvalue weighted by molar-refractivity contribution is 0.0697. The molecule has 0 amide bonds. The van der Waals surface area contributed by atoms with E-state index in [4.69, 9.17) is 5.11 Å². The normalized spacial score (nSPS) is 10.9. The SMILES string of the molecule is Cc1cccc(C)c1-c1n[nH]c2ccc(C(=O)O)cc12. The zero-order valence-corrected chi connectivity index (χ0v) is 11.3. The molecule has 0 aliphatic heterocycles. The molecule has 2 aromatic carbocycles. The third kappa shape index (κ3) is 1.86. The first-order chi connectivity index (χ1) is 9.58. The summed E-state index contributed by atoms with van der Waals surface area (Å²) in [4.78, 5) is 11.1. The molecule has 0 atom stereocenters. The molecular formula is C16H14N2O2. The molecule has 3 aromatic rings. The molecule has 4 heteroatoms. The Morgan fingerprint density at radius 1 is 1.15 bits per heavy atom. The maximum atomic E-state index is 11.1. The van der Waals surface area contributed by atoms with Gasteiger partial charge in [0.1, 0.15) is 5.69 Å². The number of aromatic nitrogens is 2. The summed E-state index contributed by atoms with van der Waals surface area (Å²) in [6.07, 6.45) is 0. The fourth-order valence-electron chi connectivity index (χ4n) is 2.53. The van der Waals surface area contributed by atoms with E-state index in [2.05, 4.69) is 10.2 Å². The number of fused-ring (bicyclic) bond motifs is 1. The predicted octanol–water partition coefficient (Wildman–Crippen LogP) is 3.54. The van der Waals surface area contributed by atoms with E-state index in [1.54, 1.807) is 18.2 Å². The average Bonchev–Trinajstić information content (AvgIpc) is 2.81. The first kappa shape index (κ1) is 12.4. The van der Waals surface area contributed by atoms with Gasteiger partial charge in [0.05, 0.1) is 11.1 Å². The zero-order chi connectivity index (χ0) is 14.3. The quantitative estimate of drug-likeness (QED) is 0.745. The summed E-state index contributed by atoms with van der Waals surface area (Å²) < 4.78 is 0. The lowest BCUT2D eigenvalue weighted by Gasteiger charge is -2.07. The summed E-state index contributed by atoms with van der Waals surface area (Å²) in [5, 5.41) is 17.3. The Morgan fingerprint density at radius 3 is 2.50 bits per heavy atom. The molecule has 0 aliphatic carbocycles. The highest BCUT2D eigenvalue weighted by Crippen LogP contribution is 2.31. The third-order valence-corrected chi connectivity index (χ3v) is 3.53. The monoisotopic (exact) mass is 266 g/mol. The summed E-state index contributed by atoms with van der Waals surface area (Å²) >= 11 is 0. The van der Waals surface area contributed by atoms with E-state index in [-0.39, 0.29) is 5.56 Å². The molecule has 0 radical (unpaired) electrons. The lowest BCUT2D eigenvalue weighted by Crippen LogP contribution is -1.95. The number of nitrogens with one attached hydrogen (secondary N) is 1. The van der Waals surface area contributed by atoms with E-state index >= 15 is 0 Å². The van der Waals surface area contributed by atoms with Crippen molar-refractivity contribution in [3.05, 3.63) is 53.1 Å². The topological polar surface area (TPSA) is 66.0 Å². The Bertz CT molecular complexity index is 798. The Kier molecular flexibility index (Phi) is 2.79. The number of H-pyrrole nitrogens is 1. The average molecular weight is 266 g/mol. The van der Waals surface area contributed by atoms with Crippen LogP contribution in [0.25, 0.3) is 22.2 Å². The van der Waals surface area contributed by atoms with Gasteiger partial charge in [0.15, 0.2) is 0 Å². The van der Waals surface area contributed by atoms with Crippen molar-refractivity contribution in [1.29, 1.82) is 0 Å². The van der Waals surface area contributed by atoms with Gasteiger partial charge >= 0.3 is 5.97 Å². The number of carbonyl (C=O) groups is 1. The number of hydrogen-bond acceptors (Lipinski definition) is 2. The molecule has 0 bridgehead atoms. The van der Waals surface area contributed by atoms with Crippen LogP contribution in [0.4, 0.5) is 0 Å². The number of carboxylic acids is 1. The van der Waals surface area contributed by atoms with Crippen LogP contribution in [-0.2, 0) is 0 Å². The van der Waals surface area contributed by atoms with Gasteiger partial charge in [0.2, 0.25) is 0 Å². The number of rotatable bonds is 2. The standard InChI is InChI=1S/C16H14N2O2/c1-9-4-3-5-10(2)14(9)15-12-8-11(16(19)20)6-7-13(12)17-18-15/h3-8H,1-2H3,(H,17,18)(H,19,20). The van der Waals surface area contributed by atoms with Gasteiger partial charge in [-0.25, -0.2) is 4.79 Å². The zero-order valence-electron chi connectivity index (χ0n) is 11.3. The van der Waals surface area contributed by atoms with Crippen LogP contribution in [0.15, 0.2) is 36.4 Å². The number of aryl methyl sites for hydroxylation is 2. The van der Waals surface area contributed by atoms with Gasteiger partial charge in [-0.05, 0) is 43.2 Å². The lowest BCUT2D eigenvalue weighted by atomic mass is 9.97. The van der Waals surface area contributed by atoms with E-state index in [1.807, 2.05) is 32.0 Å². The minimum atomic E-state index is -0.930. The van der Waals surface area contributed by atoms with Gasteiger partial charge in [-0.2, -0.15) is 5.10 Å². The fourth-order valence-corrected chi connectivity index (χ4v) is 2.53. The molecule has 20 heavy (non-hydrogen) atoms. The van der Waals surface area contributed by atoms with Gasteiger partial charge in [-0.15, -0.1) is 0 Å². The maximum absolute atomic E-state index is 11.1. The molecule has 2 N–H and O–H groups in total. The van der Waals surface area contributed by atoms with Crippen LogP contribution in [0.2, 0.25) is 0 Å². The molecule has 0 aliphatic rings. The molecule has 0 fully saturated rings. The number of carboxylic acid groups (broad SMARTS) is 1. The van der Waals surface area contributed by atoms with Crippen LogP contribution in [0.3, 0.4) is 0 Å². The molecule has 100 valence electrons.